The van der Waals surface area contributed by atoms with E-state index >= 15 is 0 Å². The van der Waals surface area contributed by atoms with Gasteiger partial charge in [0, 0.05) is 17.0 Å². The summed E-state index contributed by atoms with van der Waals surface area (Å²) in [7, 11) is -8.22. The molecule has 1 amide bonds. The van der Waals surface area contributed by atoms with Gasteiger partial charge in [0.25, 0.3) is 9.99 Å². The van der Waals surface area contributed by atoms with Gasteiger partial charge in [-0.2, -0.15) is 0 Å². The van der Waals surface area contributed by atoms with Gasteiger partial charge in [-0.25, -0.2) is 16.8 Å². The summed E-state index contributed by atoms with van der Waals surface area (Å²) in [5, 5.41) is 3.23. The molecule has 6 nitrogen and oxygen atoms in total. The second-order valence-corrected chi connectivity index (χ2v) is 9.21. The fourth-order valence-corrected chi connectivity index (χ4v) is 7.55. The number of carbonyl (C=O) groups is 1. The molecule has 0 bridgehead atoms. The third-order valence-electron chi connectivity index (χ3n) is 3.30. The van der Waals surface area contributed by atoms with E-state index in [1.54, 1.807) is 0 Å². The molecule has 0 spiro atoms. The molecule has 2 aliphatic rings. The van der Waals surface area contributed by atoms with E-state index in [1.165, 1.54) is 6.92 Å². The number of β-lactam (4-membered cyclic amide) rings is 1. The molecule has 2 atom stereocenters. The zero-order chi connectivity index (χ0) is 13.8. The van der Waals surface area contributed by atoms with Crippen LogP contribution in [0.15, 0.2) is 11.0 Å². The molecule has 2 unspecified atom stereocenters. The molecule has 9 heteroatoms. The minimum atomic E-state index is -4.16. The van der Waals surface area contributed by atoms with Crippen molar-refractivity contribution in [3.8, 4) is 0 Å². The third kappa shape index (κ3) is 1.36. The molecular formula is C9H12ClNO5S2. The lowest BCUT2D eigenvalue weighted by Gasteiger charge is -2.42. The average molecular weight is 314 g/mol. The summed E-state index contributed by atoms with van der Waals surface area (Å²) in [6.07, 6.45) is 0.229. The predicted octanol–water partition coefficient (Wildman–Crippen LogP) is -0.443. The summed E-state index contributed by atoms with van der Waals surface area (Å²) < 4.78 is 45.9. The van der Waals surface area contributed by atoms with Gasteiger partial charge in [0.05, 0.1) is 6.04 Å². The van der Waals surface area contributed by atoms with Gasteiger partial charge >= 0.3 is 0 Å². The van der Waals surface area contributed by atoms with Crippen molar-refractivity contribution in [1.82, 2.24) is 5.32 Å². The van der Waals surface area contributed by atoms with Crippen molar-refractivity contribution in [2.45, 2.75) is 23.5 Å². The maximum Gasteiger partial charge on any atom is 0.277 e. The van der Waals surface area contributed by atoms with Gasteiger partial charge in [-0.1, -0.05) is 6.92 Å². The number of fused-ring (bicyclic) bond motifs is 1. The van der Waals surface area contributed by atoms with Crippen LogP contribution in [0, 0.1) is 0 Å². The highest BCUT2D eigenvalue weighted by Crippen LogP contribution is 2.47. The second-order valence-electron chi connectivity index (χ2n) is 4.15. The van der Waals surface area contributed by atoms with Crippen molar-refractivity contribution < 1.29 is 21.6 Å². The van der Waals surface area contributed by atoms with E-state index in [1.807, 2.05) is 0 Å². The minimum absolute atomic E-state index is 0.163. The number of carbonyl (C=O) groups excluding carboxylic acids is 1. The van der Waals surface area contributed by atoms with Crippen LogP contribution >= 0.6 is 11.6 Å². The third-order valence-corrected chi connectivity index (χ3v) is 8.93. The molecule has 0 aromatic carbocycles. The molecule has 2 heterocycles. The summed E-state index contributed by atoms with van der Waals surface area (Å²) >= 11 is 5.54. The summed E-state index contributed by atoms with van der Waals surface area (Å²) in [5.41, 5.74) is 0.349. The Labute approximate surface area is 110 Å². The van der Waals surface area contributed by atoms with Crippen molar-refractivity contribution in [2.75, 3.05) is 11.6 Å². The normalized spacial score (nSPS) is 33.3. The van der Waals surface area contributed by atoms with E-state index in [9.17, 15) is 21.6 Å². The second kappa shape index (κ2) is 3.94. The molecule has 0 aliphatic carbocycles. The average Bonchev–Trinajstić information content (AvgIpc) is 2.42. The van der Waals surface area contributed by atoms with Crippen molar-refractivity contribution >= 4 is 37.2 Å². The zero-order valence-corrected chi connectivity index (χ0v) is 11.9. The fourth-order valence-electron chi connectivity index (χ4n) is 2.39. The minimum Gasteiger partial charge on any atom is -0.344 e. The molecule has 1 saturated heterocycles. The van der Waals surface area contributed by atoms with Crippen LogP contribution in [-0.2, 0) is 24.5 Å². The smallest absolute Gasteiger partial charge is 0.277 e. The van der Waals surface area contributed by atoms with E-state index in [2.05, 4.69) is 5.32 Å². The lowest BCUT2D eigenvalue weighted by Crippen LogP contribution is -2.76. The van der Waals surface area contributed by atoms with E-state index in [4.69, 9.17) is 11.6 Å². The molecule has 1 N–H and O–H groups in total. The van der Waals surface area contributed by atoms with Gasteiger partial charge in [-0.05, 0) is 12.0 Å². The summed E-state index contributed by atoms with van der Waals surface area (Å²) in [6.45, 7) is 1.32. The van der Waals surface area contributed by atoms with Crippen LogP contribution in [-0.4, -0.2) is 44.5 Å². The first-order chi connectivity index (χ1) is 8.24. The number of hydrogen-bond donors (Lipinski definition) is 1. The highest BCUT2D eigenvalue weighted by atomic mass is 35.5. The quantitative estimate of drug-likeness (QED) is 0.560. The maximum absolute atomic E-state index is 12.1. The maximum atomic E-state index is 12.1. The molecule has 102 valence electrons. The van der Waals surface area contributed by atoms with Crippen molar-refractivity contribution in [1.29, 1.82) is 0 Å². The first-order valence-corrected chi connectivity index (χ1v) is 9.02. The molecule has 2 aliphatic heterocycles. The van der Waals surface area contributed by atoms with Crippen LogP contribution in [0.2, 0.25) is 0 Å². The Morgan fingerprint density at radius 2 is 2.11 bits per heavy atom. The molecule has 1 fully saturated rings. The number of nitrogens with one attached hydrogen (secondary N) is 1. The van der Waals surface area contributed by atoms with E-state index in [0.717, 1.165) is 5.41 Å². The van der Waals surface area contributed by atoms with Gasteiger partial charge in [0.15, 0.2) is 9.84 Å². The van der Waals surface area contributed by atoms with Gasteiger partial charge in [-0.3, -0.25) is 4.79 Å². The summed E-state index contributed by atoms with van der Waals surface area (Å²) in [6, 6.07) is -0.987. The van der Waals surface area contributed by atoms with Gasteiger partial charge in [0.2, 0.25) is 9.84 Å². The molecule has 0 aromatic rings. The van der Waals surface area contributed by atoms with Gasteiger partial charge in [0.1, 0.15) is 0 Å². The highest BCUT2D eigenvalue weighted by molar-refractivity contribution is 8.13. The number of sulfone groups is 2. The largest absolute Gasteiger partial charge is 0.344 e. The van der Waals surface area contributed by atoms with Crippen molar-refractivity contribution in [2.24, 2.45) is 0 Å². The molecule has 0 saturated carbocycles. The Bertz CT molecular complexity index is 636. The number of halogens is 1. The molecule has 18 heavy (non-hydrogen) atoms. The van der Waals surface area contributed by atoms with E-state index in [0.29, 0.717) is 5.57 Å². The standard InChI is InChI=1S/C9H12ClNO5S2/c1-2-17(13,14)9-7(11-8(9)12)6(3-4-10)5-18(9,15)16/h5,7H,2-4H2,1H3,(H,11,12). The van der Waals surface area contributed by atoms with Crippen LogP contribution in [0.3, 0.4) is 0 Å². The van der Waals surface area contributed by atoms with Crippen LogP contribution in [0.4, 0.5) is 0 Å². The number of amides is 1. The zero-order valence-electron chi connectivity index (χ0n) is 9.51. The molecular weight excluding hydrogens is 302 g/mol. The van der Waals surface area contributed by atoms with Crippen LogP contribution in [0.25, 0.3) is 0 Å². The summed E-state index contributed by atoms with van der Waals surface area (Å²) in [4.78, 5) is 11.7. The molecule has 2 rings (SSSR count). The van der Waals surface area contributed by atoms with Crippen LogP contribution in [0.5, 0.6) is 0 Å². The predicted molar refractivity (Wildman–Crippen MR) is 66.5 cm³/mol. The monoisotopic (exact) mass is 313 g/mol. The highest BCUT2D eigenvalue weighted by Gasteiger charge is 2.75. The topological polar surface area (TPSA) is 97.4 Å². The lowest BCUT2D eigenvalue weighted by atomic mass is 9.95. The van der Waals surface area contributed by atoms with Gasteiger partial charge < -0.3 is 5.32 Å². The lowest BCUT2D eigenvalue weighted by molar-refractivity contribution is -0.128. The first kappa shape index (κ1) is 13.8. The molecule has 0 radical (unpaired) electrons. The Morgan fingerprint density at radius 3 is 2.56 bits per heavy atom. The number of rotatable bonds is 4. The summed E-state index contributed by atoms with van der Waals surface area (Å²) in [5.74, 6) is -1.20. The van der Waals surface area contributed by atoms with Gasteiger partial charge in [-0.15, -0.1) is 11.6 Å². The van der Waals surface area contributed by atoms with Crippen LogP contribution in [0.1, 0.15) is 13.3 Å². The van der Waals surface area contributed by atoms with Crippen LogP contribution < -0.4 is 5.32 Å². The first-order valence-electron chi connectivity index (χ1n) is 5.29. The van der Waals surface area contributed by atoms with E-state index in [-0.39, 0.29) is 12.3 Å². The number of hydrogen-bond acceptors (Lipinski definition) is 5. The Kier molecular flexibility index (Phi) is 3.03. The SMILES string of the molecule is CCS(=O)(=O)C12C(=O)NC1C(CCCl)=CS2(=O)=O. The Balaban J connectivity index is 2.64. The molecule has 0 aromatic heterocycles. The Morgan fingerprint density at radius 1 is 1.50 bits per heavy atom. The van der Waals surface area contributed by atoms with Crippen molar-refractivity contribution in [3.63, 3.8) is 0 Å². The Hall–Kier alpha value is -0.600. The van der Waals surface area contributed by atoms with Crippen molar-refractivity contribution in [3.05, 3.63) is 11.0 Å². The fraction of sp³-hybridized carbons (Fsp3) is 0.667. The number of alkyl halides is 1. The van der Waals surface area contributed by atoms with E-state index < -0.39 is 41.5 Å².